The first-order valence-electron chi connectivity index (χ1n) is 5.56. The van der Waals surface area contributed by atoms with E-state index in [1.54, 1.807) is 24.3 Å². The molecular weight excluding hydrogens is 340 g/mol. The predicted molar refractivity (Wildman–Crippen MR) is 77.6 cm³/mol. The van der Waals surface area contributed by atoms with Crippen LogP contribution in [0.15, 0.2) is 33.6 Å². The van der Waals surface area contributed by atoms with Crippen molar-refractivity contribution in [1.82, 2.24) is 10.0 Å². The highest BCUT2D eigenvalue weighted by molar-refractivity contribution is 9.10. The summed E-state index contributed by atoms with van der Waals surface area (Å²) in [6, 6.07) is 6.73. The molecule has 0 aromatic heterocycles. The van der Waals surface area contributed by atoms with Crippen molar-refractivity contribution in [3.8, 4) is 0 Å². The summed E-state index contributed by atoms with van der Waals surface area (Å²) in [4.78, 5) is 0.303. The molecule has 0 unspecified atom stereocenters. The second kappa shape index (κ2) is 6.86. The van der Waals surface area contributed by atoms with Gasteiger partial charge in [-0.25, -0.2) is 13.1 Å². The van der Waals surface area contributed by atoms with Crippen LogP contribution in [0.2, 0.25) is 0 Å². The number of halogens is 2. The maximum atomic E-state index is 12.1. The lowest BCUT2D eigenvalue weighted by atomic mass is 10.1. The van der Waals surface area contributed by atoms with Crippen molar-refractivity contribution < 1.29 is 8.42 Å². The van der Waals surface area contributed by atoms with Gasteiger partial charge in [0.15, 0.2) is 0 Å². The summed E-state index contributed by atoms with van der Waals surface area (Å²) in [5.41, 5.74) is 0. The minimum atomic E-state index is -3.40. The van der Waals surface area contributed by atoms with Crippen LogP contribution < -0.4 is 10.0 Å². The first kappa shape index (κ1) is 15.9. The van der Waals surface area contributed by atoms with Crippen molar-refractivity contribution >= 4 is 38.4 Å². The van der Waals surface area contributed by atoms with Gasteiger partial charge in [0.25, 0.3) is 0 Å². The first-order chi connectivity index (χ1) is 8.08. The van der Waals surface area contributed by atoms with Crippen molar-refractivity contribution in [2.75, 3.05) is 13.1 Å². The van der Waals surface area contributed by atoms with Crippen LogP contribution in [0, 0.1) is 0 Å². The summed E-state index contributed by atoms with van der Waals surface area (Å²) in [5, 5.41) is 3.18. The number of benzene rings is 1. The zero-order chi connectivity index (χ0) is 12.3. The fourth-order valence-electron chi connectivity index (χ4n) is 1.87. The average molecular weight is 356 g/mol. The van der Waals surface area contributed by atoms with E-state index in [1.165, 1.54) is 0 Å². The Hall–Kier alpha value is -0.140. The van der Waals surface area contributed by atoms with Gasteiger partial charge in [0.2, 0.25) is 10.0 Å². The van der Waals surface area contributed by atoms with E-state index in [0.717, 1.165) is 23.9 Å². The van der Waals surface area contributed by atoms with E-state index >= 15 is 0 Å². The van der Waals surface area contributed by atoms with Gasteiger partial charge in [0.1, 0.15) is 0 Å². The Morgan fingerprint density at radius 1 is 1.39 bits per heavy atom. The standard InChI is InChI=1S/C11H15BrN2O2S.ClH/c12-9-3-1-5-11(7-9)17(15,16)14-10-4-2-6-13-8-10;/h1,3,5,7,10,13-14H,2,4,6,8H2;1H/t10-;/m0./s1. The van der Waals surface area contributed by atoms with Crippen LogP contribution in [0.5, 0.6) is 0 Å². The summed E-state index contributed by atoms with van der Waals surface area (Å²) in [7, 11) is -3.40. The van der Waals surface area contributed by atoms with Crippen LogP contribution in [-0.4, -0.2) is 27.5 Å². The maximum absolute atomic E-state index is 12.1. The van der Waals surface area contributed by atoms with Crippen LogP contribution in [-0.2, 0) is 10.0 Å². The van der Waals surface area contributed by atoms with Crippen molar-refractivity contribution in [2.24, 2.45) is 0 Å². The van der Waals surface area contributed by atoms with E-state index in [2.05, 4.69) is 26.0 Å². The van der Waals surface area contributed by atoms with Gasteiger partial charge in [-0.2, -0.15) is 0 Å². The van der Waals surface area contributed by atoms with E-state index in [4.69, 9.17) is 0 Å². The molecule has 102 valence electrons. The molecule has 2 N–H and O–H groups in total. The number of hydrogen-bond acceptors (Lipinski definition) is 3. The lowest BCUT2D eigenvalue weighted by Crippen LogP contribution is -2.45. The normalized spacial score (nSPS) is 20.2. The minimum Gasteiger partial charge on any atom is -0.315 e. The van der Waals surface area contributed by atoms with E-state index in [-0.39, 0.29) is 18.4 Å². The smallest absolute Gasteiger partial charge is 0.240 e. The molecule has 0 spiro atoms. The van der Waals surface area contributed by atoms with Crippen molar-refractivity contribution in [3.63, 3.8) is 0 Å². The van der Waals surface area contributed by atoms with Gasteiger partial charge in [0, 0.05) is 17.1 Å². The molecule has 0 aliphatic carbocycles. The molecule has 0 bridgehead atoms. The summed E-state index contributed by atoms with van der Waals surface area (Å²) in [6.07, 6.45) is 1.89. The van der Waals surface area contributed by atoms with E-state index in [1.807, 2.05) is 0 Å². The molecule has 4 nitrogen and oxygen atoms in total. The average Bonchev–Trinajstić information content (AvgIpc) is 2.30. The van der Waals surface area contributed by atoms with Crippen LogP contribution in [0.3, 0.4) is 0 Å². The van der Waals surface area contributed by atoms with Gasteiger partial charge < -0.3 is 5.32 Å². The van der Waals surface area contributed by atoms with Gasteiger partial charge in [0.05, 0.1) is 4.90 Å². The Balaban J connectivity index is 0.00000162. The van der Waals surface area contributed by atoms with Crippen molar-refractivity contribution in [3.05, 3.63) is 28.7 Å². The molecule has 1 fully saturated rings. The third-order valence-corrected chi connectivity index (χ3v) is 4.74. The second-order valence-electron chi connectivity index (χ2n) is 4.12. The molecule has 1 atom stereocenters. The number of sulfonamides is 1. The Kier molecular flexibility index (Phi) is 6.07. The topological polar surface area (TPSA) is 58.2 Å². The molecule has 18 heavy (non-hydrogen) atoms. The summed E-state index contributed by atoms with van der Waals surface area (Å²) in [5.74, 6) is 0. The van der Waals surface area contributed by atoms with Gasteiger partial charge in [-0.3, -0.25) is 0 Å². The second-order valence-corrected chi connectivity index (χ2v) is 6.75. The van der Waals surface area contributed by atoms with Crippen LogP contribution >= 0.6 is 28.3 Å². The van der Waals surface area contributed by atoms with Crippen LogP contribution in [0.25, 0.3) is 0 Å². The zero-order valence-electron chi connectivity index (χ0n) is 9.73. The molecule has 1 aliphatic rings. The molecule has 1 aromatic carbocycles. The van der Waals surface area contributed by atoms with Gasteiger partial charge in [-0.15, -0.1) is 12.4 Å². The highest BCUT2D eigenvalue weighted by atomic mass is 79.9. The molecule has 0 amide bonds. The number of piperidine rings is 1. The first-order valence-corrected chi connectivity index (χ1v) is 7.84. The molecule has 1 saturated heterocycles. The fraction of sp³-hybridized carbons (Fsp3) is 0.455. The number of nitrogens with one attached hydrogen (secondary N) is 2. The molecule has 1 heterocycles. The predicted octanol–water partition coefficient (Wildman–Crippen LogP) is 1.90. The molecular formula is C11H16BrClN2O2S. The largest absolute Gasteiger partial charge is 0.315 e. The summed E-state index contributed by atoms with van der Waals surface area (Å²) < 4.78 is 27.7. The molecule has 0 radical (unpaired) electrons. The maximum Gasteiger partial charge on any atom is 0.240 e. The third-order valence-electron chi connectivity index (χ3n) is 2.73. The fourth-order valence-corrected chi connectivity index (χ4v) is 3.74. The number of hydrogen-bond donors (Lipinski definition) is 2. The monoisotopic (exact) mass is 354 g/mol. The minimum absolute atomic E-state index is 0. The SMILES string of the molecule is Cl.O=S(=O)(N[C@H]1CCCNC1)c1cccc(Br)c1. The molecule has 7 heteroatoms. The third kappa shape index (κ3) is 4.20. The lowest BCUT2D eigenvalue weighted by Gasteiger charge is -2.23. The van der Waals surface area contributed by atoms with Gasteiger partial charge >= 0.3 is 0 Å². The van der Waals surface area contributed by atoms with E-state index < -0.39 is 10.0 Å². The molecule has 1 aliphatic heterocycles. The van der Waals surface area contributed by atoms with Crippen molar-refractivity contribution in [2.45, 2.75) is 23.8 Å². The highest BCUT2D eigenvalue weighted by Crippen LogP contribution is 2.16. The molecule has 0 saturated carbocycles. The molecule has 2 rings (SSSR count). The van der Waals surface area contributed by atoms with Gasteiger partial charge in [-0.1, -0.05) is 22.0 Å². The zero-order valence-corrected chi connectivity index (χ0v) is 12.9. The Morgan fingerprint density at radius 3 is 2.78 bits per heavy atom. The van der Waals surface area contributed by atoms with Crippen molar-refractivity contribution in [1.29, 1.82) is 0 Å². The summed E-state index contributed by atoms with van der Waals surface area (Å²) in [6.45, 7) is 1.67. The number of rotatable bonds is 3. The molecule has 1 aromatic rings. The van der Waals surface area contributed by atoms with E-state index in [0.29, 0.717) is 11.4 Å². The Morgan fingerprint density at radius 2 is 2.17 bits per heavy atom. The van der Waals surface area contributed by atoms with Gasteiger partial charge in [-0.05, 0) is 37.6 Å². The quantitative estimate of drug-likeness (QED) is 0.870. The summed E-state index contributed by atoms with van der Waals surface area (Å²) >= 11 is 3.28. The van der Waals surface area contributed by atoms with Crippen LogP contribution in [0.4, 0.5) is 0 Å². The highest BCUT2D eigenvalue weighted by Gasteiger charge is 2.21. The Bertz CT molecular complexity index is 490. The van der Waals surface area contributed by atoms with E-state index in [9.17, 15) is 8.42 Å². The lowest BCUT2D eigenvalue weighted by molar-refractivity contribution is 0.428. The Labute approximate surface area is 122 Å². The van der Waals surface area contributed by atoms with Crippen LogP contribution in [0.1, 0.15) is 12.8 Å².